The largest absolute Gasteiger partial charge is 0.338 e. The number of urea groups is 1. The SMILES string of the molecule is O=C(NCCCc1ncc2ccccn12)NCc1cccc(Cl)c1. The van der Waals surface area contributed by atoms with Crippen molar-refractivity contribution in [3.63, 3.8) is 0 Å². The van der Waals surface area contributed by atoms with Crippen molar-refractivity contribution in [3.05, 3.63) is 71.3 Å². The highest BCUT2D eigenvalue weighted by Gasteiger charge is 2.04. The molecule has 2 N–H and O–H groups in total. The Morgan fingerprint density at radius 1 is 1.17 bits per heavy atom. The number of halogens is 1. The molecule has 2 amide bonds. The number of amides is 2. The number of rotatable bonds is 6. The summed E-state index contributed by atoms with van der Waals surface area (Å²) in [6.07, 6.45) is 5.51. The van der Waals surface area contributed by atoms with Crippen LogP contribution in [0.3, 0.4) is 0 Å². The number of nitrogens with zero attached hydrogens (tertiary/aromatic N) is 2. The molecule has 0 radical (unpaired) electrons. The number of aryl methyl sites for hydroxylation is 1. The summed E-state index contributed by atoms with van der Waals surface area (Å²) in [6, 6.07) is 13.3. The third kappa shape index (κ3) is 4.26. The summed E-state index contributed by atoms with van der Waals surface area (Å²) in [6.45, 7) is 1.06. The maximum atomic E-state index is 11.8. The lowest BCUT2D eigenvalue weighted by Gasteiger charge is -2.08. The quantitative estimate of drug-likeness (QED) is 0.674. The van der Waals surface area contributed by atoms with Gasteiger partial charge in [0, 0.05) is 30.7 Å². The van der Waals surface area contributed by atoms with Crippen molar-refractivity contribution in [1.82, 2.24) is 20.0 Å². The first-order valence-electron chi connectivity index (χ1n) is 7.89. The lowest BCUT2D eigenvalue weighted by Crippen LogP contribution is -2.35. The summed E-state index contributed by atoms with van der Waals surface area (Å²) in [4.78, 5) is 16.2. The number of hydrogen-bond acceptors (Lipinski definition) is 2. The van der Waals surface area contributed by atoms with E-state index in [9.17, 15) is 4.79 Å². The van der Waals surface area contributed by atoms with Gasteiger partial charge in [0.25, 0.3) is 0 Å². The van der Waals surface area contributed by atoms with E-state index in [1.54, 1.807) is 0 Å². The normalized spacial score (nSPS) is 10.7. The predicted octanol–water partition coefficient (Wildman–Crippen LogP) is 3.42. The molecule has 24 heavy (non-hydrogen) atoms. The fourth-order valence-electron chi connectivity index (χ4n) is 2.52. The molecule has 3 aromatic rings. The van der Waals surface area contributed by atoms with E-state index in [1.165, 1.54) is 0 Å². The summed E-state index contributed by atoms with van der Waals surface area (Å²) in [5.74, 6) is 1.01. The summed E-state index contributed by atoms with van der Waals surface area (Å²) < 4.78 is 2.07. The van der Waals surface area contributed by atoms with E-state index in [2.05, 4.69) is 20.0 Å². The fourth-order valence-corrected chi connectivity index (χ4v) is 2.74. The van der Waals surface area contributed by atoms with Crippen LogP contribution in [0.5, 0.6) is 0 Å². The second-order valence-electron chi connectivity index (χ2n) is 5.51. The van der Waals surface area contributed by atoms with Gasteiger partial charge in [-0.1, -0.05) is 29.8 Å². The van der Waals surface area contributed by atoms with E-state index >= 15 is 0 Å². The van der Waals surface area contributed by atoms with Crippen LogP contribution in [0.1, 0.15) is 17.8 Å². The van der Waals surface area contributed by atoms with Crippen LogP contribution in [0.2, 0.25) is 5.02 Å². The van der Waals surface area contributed by atoms with Crippen LogP contribution in [0, 0.1) is 0 Å². The van der Waals surface area contributed by atoms with Crippen molar-refractivity contribution < 1.29 is 4.79 Å². The van der Waals surface area contributed by atoms with Gasteiger partial charge in [0.2, 0.25) is 0 Å². The Morgan fingerprint density at radius 3 is 2.96 bits per heavy atom. The molecule has 5 nitrogen and oxygen atoms in total. The minimum Gasteiger partial charge on any atom is -0.338 e. The molecule has 0 unspecified atom stereocenters. The fraction of sp³-hybridized carbons (Fsp3) is 0.222. The van der Waals surface area contributed by atoms with E-state index in [0.29, 0.717) is 18.1 Å². The molecule has 0 aliphatic carbocycles. The smallest absolute Gasteiger partial charge is 0.315 e. The Morgan fingerprint density at radius 2 is 2.08 bits per heavy atom. The monoisotopic (exact) mass is 342 g/mol. The average molecular weight is 343 g/mol. The number of imidazole rings is 1. The highest BCUT2D eigenvalue weighted by atomic mass is 35.5. The molecular formula is C18H19ClN4O. The third-order valence-electron chi connectivity index (χ3n) is 3.72. The van der Waals surface area contributed by atoms with Gasteiger partial charge in [-0.15, -0.1) is 0 Å². The molecule has 0 bridgehead atoms. The molecule has 0 saturated carbocycles. The first-order valence-corrected chi connectivity index (χ1v) is 8.27. The molecule has 124 valence electrons. The van der Waals surface area contributed by atoms with Gasteiger partial charge in [-0.3, -0.25) is 0 Å². The first-order chi connectivity index (χ1) is 11.7. The number of carbonyl (C=O) groups is 1. The maximum absolute atomic E-state index is 11.8. The molecule has 0 aliphatic heterocycles. The van der Waals surface area contributed by atoms with Crippen molar-refractivity contribution in [2.45, 2.75) is 19.4 Å². The average Bonchev–Trinajstić information content (AvgIpc) is 3.00. The third-order valence-corrected chi connectivity index (χ3v) is 3.96. The number of fused-ring (bicyclic) bond motifs is 1. The summed E-state index contributed by atoms with van der Waals surface area (Å²) in [7, 11) is 0. The minimum absolute atomic E-state index is 0.178. The molecular weight excluding hydrogens is 324 g/mol. The topological polar surface area (TPSA) is 58.4 Å². The van der Waals surface area contributed by atoms with Crippen LogP contribution in [0.4, 0.5) is 4.79 Å². The van der Waals surface area contributed by atoms with Crippen LogP contribution in [0.25, 0.3) is 5.52 Å². The second-order valence-corrected chi connectivity index (χ2v) is 5.95. The number of pyridine rings is 1. The lowest BCUT2D eigenvalue weighted by atomic mass is 10.2. The molecule has 2 aromatic heterocycles. The van der Waals surface area contributed by atoms with Gasteiger partial charge in [0.1, 0.15) is 5.82 Å². The van der Waals surface area contributed by atoms with E-state index in [4.69, 9.17) is 11.6 Å². The van der Waals surface area contributed by atoms with Crippen LogP contribution >= 0.6 is 11.6 Å². The highest BCUT2D eigenvalue weighted by molar-refractivity contribution is 6.30. The van der Waals surface area contributed by atoms with Gasteiger partial charge >= 0.3 is 6.03 Å². The number of aromatic nitrogens is 2. The molecule has 3 rings (SSSR count). The zero-order chi connectivity index (χ0) is 16.8. The Bertz CT molecular complexity index is 831. The summed E-state index contributed by atoms with van der Waals surface area (Å²) in [5.41, 5.74) is 2.06. The van der Waals surface area contributed by atoms with Crippen molar-refractivity contribution in [2.24, 2.45) is 0 Å². The zero-order valence-corrected chi connectivity index (χ0v) is 14.0. The Labute approximate surface area is 145 Å². The number of nitrogens with one attached hydrogen (secondary N) is 2. The minimum atomic E-state index is -0.178. The number of benzene rings is 1. The van der Waals surface area contributed by atoms with Crippen molar-refractivity contribution in [3.8, 4) is 0 Å². The standard InChI is InChI=1S/C18H19ClN4O/c19-15-6-3-5-14(11-15)12-22-18(24)20-9-4-8-17-21-13-16-7-1-2-10-23(16)17/h1-3,5-7,10-11,13H,4,8-9,12H2,(H2,20,22,24). The number of carbonyl (C=O) groups excluding carboxylic acids is 1. The van der Waals surface area contributed by atoms with Gasteiger partial charge < -0.3 is 15.0 Å². The lowest BCUT2D eigenvalue weighted by molar-refractivity contribution is 0.240. The van der Waals surface area contributed by atoms with Gasteiger partial charge in [0.15, 0.2) is 0 Å². The number of hydrogen-bond donors (Lipinski definition) is 2. The van der Waals surface area contributed by atoms with Crippen LogP contribution in [-0.4, -0.2) is 22.0 Å². The Hall–Kier alpha value is -2.53. The van der Waals surface area contributed by atoms with Gasteiger partial charge in [0.05, 0.1) is 11.7 Å². The maximum Gasteiger partial charge on any atom is 0.315 e. The van der Waals surface area contributed by atoms with E-state index in [-0.39, 0.29) is 6.03 Å². The second kappa shape index (κ2) is 7.84. The molecule has 0 fully saturated rings. The first kappa shape index (κ1) is 16.3. The van der Waals surface area contributed by atoms with E-state index < -0.39 is 0 Å². The van der Waals surface area contributed by atoms with Gasteiger partial charge in [-0.25, -0.2) is 9.78 Å². The van der Waals surface area contributed by atoms with Crippen LogP contribution < -0.4 is 10.6 Å². The van der Waals surface area contributed by atoms with Crippen LogP contribution in [0.15, 0.2) is 54.9 Å². The summed E-state index contributed by atoms with van der Waals surface area (Å²) >= 11 is 5.92. The van der Waals surface area contributed by atoms with E-state index in [0.717, 1.165) is 29.7 Å². The van der Waals surface area contributed by atoms with Crippen molar-refractivity contribution >= 4 is 23.1 Å². The van der Waals surface area contributed by atoms with Gasteiger partial charge in [-0.05, 0) is 36.2 Å². The zero-order valence-electron chi connectivity index (χ0n) is 13.2. The molecule has 6 heteroatoms. The Kier molecular flexibility index (Phi) is 5.33. The molecule has 0 spiro atoms. The predicted molar refractivity (Wildman–Crippen MR) is 95.2 cm³/mol. The summed E-state index contributed by atoms with van der Waals surface area (Å²) in [5, 5.41) is 6.35. The molecule has 0 aliphatic rings. The molecule has 0 atom stereocenters. The Balaban J connectivity index is 1.39. The van der Waals surface area contributed by atoms with Crippen molar-refractivity contribution in [1.29, 1.82) is 0 Å². The van der Waals surface area contributed by atoms with E-state index in [1.807, 2.05) is 54.9 Å². The molecule has 0 saturated heterocycles. The van der Waals surface area contributed by atoms with Crippen LogP contribution in [-0.2, 0) is 13.0 Å². The molecule has 2 heterocycles. The molecule has 1 aromatic carbocycles. The van der Waals surface area contributed by atoms with Crippen molar-refractivity contribution in [2.75, 3.05) is 6.54 Å². The van der Waals surface area contributed by atoms with Gasteiger partial charge in [-0.2, -0.15) is 0 Å². The highest BCUT2D eigenvalue weighted by Crippen LogP contribution is 2.10.